The van der Waals surface area contributed by atoms with Gasteiger partial charge in [-0.15, -0.1) is 0 Å². The number of benzene rings is 1. The second kappa shape index (κ2) is 4.25. The highest BCUT2D eigenvalue weighted by molar-refractivity contribution is 9.10. The van der Waals surface area contributed by atoms with Crippen LogP contribution in [-0.4, -0.2) is 9.78 Å². The molecule has 4 heteroatoms. The predicted octanol–water partition coefficient (Wildman–Crippen LogP) is 3.60. The van der Waals surface area contributed by atoms with Gasteiger partial charge in [0.25, 0.3) is 0 Å². The Kier molecular flexibility index (Phi) is 2.71. The average Bonchev–Trinajstić information content (AvgIpc) is 3.16. The summed E-state index contributed by atoms with van der Waals surface area (Å²) < 4.78 is 2.71. The van der Waals surface area contributed by atoms with Crippen LogP contribution in [0.5, 0.6) is 0 Å². The molecule has 1 aromatic heterocycles. The van der Waals surface area contributed by atoms with Crippen molar-refractivity contribution in [3.05, 3.63) is 40.0 Å². The van der Waals surface area contributed by atoms with Crippen LogP contribution in [0.25, 0.3) is 11.3 Å². The molecule has 0 spiro atoms. The summed E-state index contributed by atoms with van der Waals surface area (Å²) in [7, 11) is 1.88. The van der Waals surface area contributed by atoms with Gasteiger partial charge in [-0.3, -0.25) is 4.68 Å². The molecule has 3 rings (SSSR count). The summed E-state index contributed by atoms with van der Waals surface area (Å²) in [6, 6.07) is 8.49. The molecule has 1 heterocycles. The zero-order valence-electron chi connectivity index (χ0n) is 10.0. The number of aromatic nitrogens is 2. The molecular formula is C14H12BrN3. The molecule has 0 bridgehead atoms. The SMILES string of the molecule is Cn1ncc(Br)c1-c1ccc(C2CC2)cc1C#N. The van der Waals surface area contributed by atoms with E-state index >= 15 is 0 Å². The van der Waals surface area contributed by atoms with Crippen molar-refractivity contribution in [1.29, 1.82) is 5.26 Å². The molecule has 2 aromatic rings. The van der Waals surface area contributed by atoms with Crippen LogP contribution in [0.3, 0.4) is 0 Å². The average molecular weight is 302 g/mol. The van der Waals surface area contributed by atoms with Crippen molar-refractivity contribution < 1.29 is 0 Å². The van der Waals surface area contributed by atoms with Crippen molar-refractivity contribution in [3.8, 4) is 17.3 Å². The third-order valence-electron chi connectivity index (χ3n) is 3.36. The molecule has 3 nitrogen and oxygen atoms in total. The van der Waals surface area contributed by atoms with Gasteiger partial charge in [0, 0.05) is 12.6 Å². The topological polar surface area (TPSA) is 41.6 Å². The molecule has 1 aliphatic carbocycles. The zero-order chi connectivity index (χ0) is 12.7. The molecule has 1 saturated carbocycles. The molecule has 0 aliphatic heterocycles. The van der Waals surface area contributed by atoms with Gasteiger partial charge in [0.2, 0.25) is 0 Å². The van der Waals surface area contributed by atoms with Gasteiger partial charge in [0.05, 0.1) is 28.0 Å². The van der Waals surface area contributed by atoms with Crippen LogP contribution in [0.15, 0.2) is 28.9 Å². The second-order valence-electron chi connectivity index (χ2n) is 4.66. The van der Waals surface area contributed by atoms with Crippen LogP contribution in [-0.2, 0) is 7.05 Å². The largest absolute Gasteiger partial charge is 0.267 e. The second-order valence-corrected chi connectivity index (χ2v) is 5.51. The third kappa shape index (κ3) is 1.85. The predicted molar refractivity (Wildman–Crippen MR) is 73.0 cm³/mol. The smallest absolute Gasteiger partial charge is 0.0998 e. The lowest BCUT2D eigenvalue weighted by Gasteiger charge is -2.08. The van der Waals surface area contributed by atoms with Crippen LogP contribution >= 0.6 is 15.9 Å². The first-order chi connectivity index (χ1) is 8.70. The lowest BCUT2D eigenvalue weighted by Crippen LogP contribution is -1.96. The highest BCUT2D eigenvalue weighted by Gasteiger charge is 2.24. The van der Waals surface area contributed by atoms with Crippen LogP contribution in [0.2, 0.25) is 0 Å². The zero-order valence-corrected chi connectivity index (χ0v) is 11.6. The Morgan fingerprint density at radius 1 is 1.44 bits per heavy atom. The maximum atomic E-state index is 9.33. The Bertz CT molecular complexity index is 628. The maximum absolute atomic E-state index is 9.33. The van der Waals surface area contributed by atoms with Crippen molar-refractivity contribution in [3.63, 3.8) is 0 Å². The Hall–Kier alpha value is -1.60. The molecule has 1 aromatic carbocycles. The van der Waals surface area contributed by atoms with Crippen molar-refractivity contribution in [2.75, 3.05) is 0 Å². The van der Waals surface area contributed by atoms with E-state index in [-0.39, 0.29) is 0 Å². The Morgan fingerprint density at radius 3 is 2.78 bits per heavy atom. The molecule has 0 atom stereocenters. The van der Waals surface area contributed by atoms with E-state index in [4.69, 9.17) is 0 Å². The van der Waals surface area contributed by atoms with E-state index in [1.165, 1.54) is 18.4 Å². The number of hydrogen-bond acceptors (Lipinski definition) is 2. The standard InChI is InChI=1S/C14H12BrN3/c1-18-14(13(15)8-17-18)12-5-4-10(9-2-3-9)6-11(12)7-16/h4-6,8-9H,2-3H2,1H3. The monoisotopic (exact) mass is 301 g/mol. The summed E-state index contributed by atoms with van der Waals surface area (Å²) in [5.41, 5.74) is 3.90. The minimum Gasteiger partial charge on any atom is -0.267 e. The van der Waals surface area contributed by atoms with E-state index in [1.807, 2.05) is 19.2 Å². The van der Waals surface area contributed by atoms with Crippen molar-refractivity contribution in [1.82, 2.24) is 9.78 Å². The van der Waals surface area contributed by atoms with E-state index in [9.17, 15) is 5.26 Å². The maximum Gasteiger partial charge on any atom is 0.0998 e. The molecule has 90 valence electrons. The fraction of sp³-hybridized carbons (Fsp3) is 0.286. The molecule has 0 radical (unpaired) electrons. The molecular weight excluding hydrogens is 290 g/mol. The minimum atomic E-state index is 0.668. The Morgan fingerprint density at radius 2 is 2.22 bits per heavy atom. The quantitative estimate of drug-likeness (QED) is 0.850. The number of nitriles is 1. The first-order valence-corrected chi connectivity index (χ1v) is 6.72. The summed E-state index contributed by atoms with van der Waals surface area (Å²) >= 11 is 3.48. The van der Waals surface area contributed by atoms with E-state index in [1.54, 1.807) is 10.9 Å². The van der Waals surface area contributed by atoms with E-state index in [0.29, 0.717) is 5.92 Å². The van der Waals surface area contributed by atoms with E-state index < -0.39 is 0 Å². The first kappa shape index (κ1) is 11.5. The summed E-state index contributed by atoms with van der Waals surface area (Å²) in [6.45, 7) is 0. The normalized spacial score (nSPS) is 14.5. The van der Waals surface area contributed by atoms with Gasteiger partial charge in [-0.2, -0.15) is 10.4 Å². The lowest BCUT2D eigenvalue weighted by molar-refractivity contribution is 0.775. The van der Waals surface area contributed by atoms with Gasteiger partial charge in [-0.25, -0.2) is 0 Å². The molecule has 0 N–H and O–H groups in total. The van der Waals surface area contributed by atoms with Gasteiger partial charge in [0.15, 0.2) is 0 Å². The highest BCUT2D eigenvalue weighted by atomic mass is 79.9. The van der Waals surface area contributed by atoms with Gasteiger partial charge in [-0.1, -0.05) is 12.1 Å². The Balaban J connectivity index is 2.15. The molecule has 0 unspecified atom stereocenters. The minimum absolute atomic E-state index is 0.668. The number of aryl methyl sites for hydroxylation is 1. The summed E-state index contributed by atoms with van der Waals surface area (Å²) in [4.78, 5) is 0. The third-order valence-corrected chi connectivity index (χ3v) is 3.94. The van der Waals surface area contributed by atoms with E-state index in [0.717, 1.165) is 21.3 Å². The molecule has 18 heavy (non-hydrogen) atoms. The number of nitrogens with zero attached hydrogens (tertiary/aromatic N) is 3. The summed E-state index contributed by atoms with van der Waals surface area (Å²) in [5, 5.41) is 13.5. The van der Waals surface area contributed by atoms with Crippen LogP contribution in [0.1, 0.15) is 29.9 Å². The first-order valence-electron chi connectivity index (χ1n) is 5.92. The molecule has 1 fully saturated rings. The molecule has 1 aliphatic rings. The lowest BCUT2D eigenvalue weighted by atomic mass is 10.00. The van der Waals surface area contributed by atoms with Gasteiger partial charge < -0.3 is 0 Å². The number of hydrogen-bond donors (Lipinski definition) is 0. The summed E-state index contributed by atoms with van der Waals surface area (Å²) in [5.74, 6) is 0.668. The van der Waals surface area contributed by atoms with Gasteiger partial charge in [0.1, 0.15) is 0 Å². The Labute approximate surface area is 114 Å². The fourth-order valence-electron chi connectivity index (χ4n) is 2.25. The number of halogens is 1. The van der Waals surface area contributed by atoms with Crippen LogP contribution < -0.4 is 0 Å². The molecule has 0 amide bonds. The van der Waals surface area contributed by atoms with Crippen molar-refractivity contribution >= 4 is 15.9 Å². The van der Waals surface area contributed by atoms with E-state index in [2.05, 4.69) is 33.2 Å². The van der Waals surface area contributed by atoms with Crippen molar-refractivity contribution in [2.45, 2.75) is 18.8 Å². The van der Waals surface area contributed by atoms with Gasteiger partial charge >= 0.3 is 0 Å². The van der Waals surface area contributed by atoms with Crippen LogP contribution in [0, 0.1) is 11.3 Å². The van der Waals surface area contributed by atoms with Crippen LogP contribution in [0.4, 0.5) is 0 Å². The van der Waals surface area contributed by atoms with Gasteiger partial charge in [-0.05, 0) is 46.3 Å². The molecule has 0 saturated heterocycles. The summed E-state index contributed by atoms with van der Waals surface area (Å²) in [6.07, 6.45) is 4.25. The number of rotatable bonds is 2. The fourth-order valence-corrected chi connectivity index (χ4v) is 2.81. The van der Waals surface area contributed by atoms with Crippen molar-refractivity contribution in [2.24, 2.45) is 7.05 Å². The highest BCUT2D eigenvalue weighted by Crippen LogP contribution is 2.41.